The van der Waals surface area contributed by atoms with Gasteiger partial charge in [0, 0.05) is 19.8 Å². The van der Waals surface area contributed by atoms with Crippen molar-refractivity contribution in [1.29, 1.82) is 0 Å². The van der Waals surface area contributed by atoms with Gasteiger partial charge in [-0.3, -0.25) is 0 Å². The molecule has 3 heteroatoms. The van der Waals surface area contributed by atoms with Gasteiger partial charge in [0.05, 0.1) is 0 Å². The Morgan fingerprint density at radius 1 is 1.62 bits per heavy atom. The number of nitrogens with zero attached hydrogens (tertiary/aromatic N) is 2. The van der Waals surface area contributed by atoms with E-state index in [4.69, 9.17) is 0 Å². The van der Waals surface area contributed by atoms with Crippen molar-refractivity contribution in [3.63, 3.8) is 0 Å². The van der Waals surface area contributed by atoms with E-state index in [2.05, 4.69) is 10.5 Å². The van der Waals surface area contributed by atoms with Gasteiger partial charge in [0.2, 0.25) is 0 Å². The molecule has 0 spiro atoms. The SMILES string of the molecule is CNN(C)N=C1CC1. The van der Waals surface area contributed by atoms with E-state index in [1.165, 1.54) is 18.6 Å². The van der Waals surface area contributed by atoms with Gasteiger partial charge in [-0.1, -0.05) is 0 Å². The smallest absolute Gasteiger partial charge is 0.0421 e. The van der Waals surface area contributed by atoms with Crippen LogP contribution < -0.4 is 5.43 Å². The summed E-state index contributed by atoms with van der Waals surface area (Å²) in [6.07, 6.45) is 2.37. The summed E-state index contributed by atoms with van der Waals surface area (Å²) in [5.74, 6) is 0. The van der Waals surface area contributed by atoms with Crippen LogP contribution in [0.4, 0.5) is 0 Å². The van der Waals surface area contributed by atoms with E-state index >= 15 is 0 Å². The molecule has 0 aromatic carbocycles. The van der Waals surface area contributed by atoms with Gasteiger partial charge in [0.15, 0.2) is 0 Å². The van der Waals surface area contributed by atoms with E-state index in [9.17, 15) is 0 Å². The molecule has 1 fully saturated rings. The van der Waals surface area contributed by atoms with E-state index in [-0.39, 0.29) is 0 Å². The monoisotopic (exact) mass is 113 g/mol. The summed E-state index contributed by atoms with van der Waals surface area (Å²) < 4.78 is 0. The quantitative estimate of drug-likeness (QED) is 0.518. The average molecular weight is 113 g/mol. The number of nitrogens with one attached hydrogen (secondary N) is 1. The van der Waals surface area contributed by atoms with Crippen molar-refractivity contribution in [2.24, 2.45) is 5.10 Å². The van der Waals surface area contributed by atoms with Crippen molar-refractivity contribution in [1.82, 2.24) is 10.5 Å². The lowest BCUT2D eigenvalue weighted by Crippen LogP contribution is -2.25. The number of hydrogen-bond donors (Lipinski definition) is 1. The minimum atomic E-state index is 1.19. The fourth-order valence-electron chi connectivity index (χ4n) is 0.418. The summed E-state index contributed by atoms with van der Waals surface area (Å²) in [7, 11) is 3.75. The molecule has 0 radical (unpaired) electrons. The Bertz CT molecular complexity index is 102. The van der Waals surface area contributed by atoms with Crippen molar-refractivity contribution >= 4 is 5.71 Å². The maximum Gasteiger partial charge on any atom is 0.0421 e. The van der Waals surface area contributed by atoms with Gasteiger partial charge in [-0.2, -0.15) is 5.10 Å². The molecule has 1 aliphatic rings. The molecule has 0 aromatic rings. The van der Waals surface area contributed by atoms with Gasteiger partial charge in [0.25, 0.3) is 0 Å². The van der Waals surface area contributed by atoms with Crippen LogP contribution in [0.15, 0.2) is 5.10 Å². The Balaban J connectivity index is 2.25. The van der Waals surface area contributed by atoms with Crippen molar-refractivity contribution in [2.45, 2.75) is 12.8 Å². The van der Waals surface area contributed by atoms with Gasteiger partial charge in [-0.05, 0) is 12.8 Å². The number of rotatable bonds is 2. The van der Waals surface area contributed by atoms with Crippen LogP contribution in [-0.4, -0.2) is 24.9 Å². The summed E-state index contributed by atoms with van der Waals surface area (Å²) in [5, 5.41) is 5.87. The lowest BCUT2D eigenvalue weighted by Gasteiger charge is -2.07. The van der Waals surface area contributed by atoms with E-state index < -0.39 is 0 Å². The summed E-state index contributed by atoms with van der Waals surface area (Å²) in [5.41, 5.74) is 4.18. The lowest BCUT2D eigenvalue weighted by molar-refractivity contribution is 0.275. The van der Waals surface area contributed by atoms with E-state index in [1.54, 1.807) is 5.12 Å². The van der Waals surface area contributed by atoms with E-state index in [0.29, 0.717) is 0 Å². The Kier molecular flexibility index (Phi) is 1.48. The number of hydrazine groups is 1. The zero-order valence-corrected chi connectivity index (χ0v) is 5.31. The van der Waals surface area contributed by atoms with Crippen LogP contribution in [0.5, 0.6) is 0 Å². The third-order valence-corrected chi connectivity index (χ3v) is 1.09. The highest BCUT2D eigenvalue weighted by atomic mass is 15.7. The lowest BCUT2D eigenvalue weighted by atomic mass is 10.9. The first-order valence-electron chi connectivity index (χ1n) is 2.80. The first-order chi connectivity index (χ1) is 3.83. The molecule has 1 saturated carbocycles. The highest BCUT2D eigenvalue weighted by molar-refractivity contribution is 5.97. The normalized spacial score (nSPS) is 16.0. The minimum absolute atomic E-state index is 1.19. The first-order valence-corrected chi connectivity index (χ1v) is 2.80. The van der Waals surface area contributed by atoms with Crippen LogP contribution in [0.3, 0.4) is 0 Å². The molecule has 1 N–H and O–H groups in total. The van der Waals surface area contributed by atoms with Crippen LogP contribution >= 0.6 is 0 Å². The van der Waals surface area contributed by atoms with Crippen molar-refractivity contribution in [2.75, 3.05) is 14.1 Å². The van der Waals surface area contributed by atoms with Crippen molar-refractivity contribution in [3.05, 3.63) is 0 Å². The molecule has 3 nitrogen and oxygen atoms in total. The van der Waals surface area contributed by atoms with Crippen LogP contribution in [0.2, 0.25) is 0 Å². The molecule has 0 heterocycles. The highest BCUT2D eigenvalue weighted by Crippen LogP contribution is 2.13. The van der Waals surface area contributed by atoms with Gasteiger partial charge < -0.3 is 0 Å². The van der Waals surface area contributed by atoms with Gasteiger partial charge in [-0.15, -0.1) is 0 Å². The molecule has 0 aliphatic heterocycles. The van der Waals surface area contributed by atoms with Crippen LogP contribution in [0.25, 0.3) is 0 Å². The standard InChI is InChI=1S/C5H11N3/c1-6-8(2)7-5-3-4-5/h6H,3-4H2,1-2H3. The third kappa shape index (κ3) is 1.50. The second-order valence-electron chi connectivity index (χ2n) is 1.91. The predicted molar refractivity (Wildman–Crippen MR) is 33.5 cm³/mol. The maximum atomic E-state index is 4.15. The van der Waals surface area contributed by atoms with E-state index in [1.807, 2.05) is 14.1 Å². The molecule has 1 aliphatic carbocycles. The molecular weight excluding hydrogens is 102 g/mol. The molecule has 0 amide bonds. The number of hydrogen-bond acceptors (Lipinski definition) is 3. The van der Waals surface area contributed by atoms with Gasteiger partial charge >= 0.3 is 0 Å². The summed E-state index contributed by atoms with van der Waals surface area (Å²) in [6.45, 7) is 0. The molecule has 0 bridgehead atoms. The fraction of sp³-hybridized carbons (Fsp3) is 0.800. The molecule has 0 aromatic heterocycles. The van der Waals surface area contributed by atoms with Crippen molar-refractivity contribution in [3.8, 4) is 0 Å². The average Bonchev–Trinajstić information content (AvgIpc) is 2.50. The zero-order valence-electron chi connectivity index (χ0n) is 5.31. The molecule has 46 valence electrons. The summed E-state index contributed by atoms with van der Waals surface area (Å²) in [4.78, 5) is 0. The molecule has 8 heavy (non-hydrogen) atoms. The van der Waals surface area contributed by atoms with Gasteiger partial charge in [0.1, 0.15) is 0 Å². The Hall–Kier alpha value is -0.570. The maximum absolute atomic E-state index is 4.15. The molecular formula is C5H11N3. The van der Waals surface area contributed by atoms with Gasteiger partial charge in [-0.25, -0.2) is 10.5 Å². The second kappa shape index (κ2) is 2.13. The fourth-order valence-corrected chi connectivity index (χ4v) is 0.418. The highest BCUT2D eigenvalue weighted by Gasteiger charge is 2.13. The Morgan fingerprint density at radius 2 is 2.25 bits per heavy atom. The van der Waals surface area contributed by atoms with Crippen LogP contribution in [0.1, 0.15) is 12.8 Å². The second-order valence-corrected chi connectivity index (χ2v) is 1.91. The molecule has 1 rings (SSSR count). The largest absolute Gasteiger partial charge is 0.233 e. The predicted octanol–water partition coefficient (Wildman–Crippen LogP) is 0.202. The Labute approximate surface area is 49.3 Å². The van der Waals surface area contributed by atoms with E-state index in [0.717, 1.165) is 0 Å². The number of hydrazone groups is 1. The van der Waals surface area contributed by atoms with Crippen LogP contribution in [0, 0.1) is 0 Å². The first kappa shape index (κ1) is 5.56. The topological polar surface area (TPSA) is 27.6 Å². The zero-order chi connectivity index (χ0) is 5.98. The van der Waals surface area contributed by atoms with Crippen molar-refractivity contribution < 1.29 is 0 Å². The third-order valence-electron chi connectivity index (χ3n) is 1.09. The summed E-state index contributed by atoms with van der Waals surface area (Å²) in [6, 6.07) is 0. The van der Waals surface area contributed by atoms with Crippen LogP contribution in [-0.2, 0) is 0 Å². The molecule has 0 atom stereocenters. The molecule has 0 unspecified atom stereocenters. The summed E-state index contributed by atoms with van der Waals surface area (Å²) >= 11 is 0. The molecule has 0 saturated heterocycles. The minimum Gasteiger partial charge on any atom is -0.233 e. The Morgan fingerprint density at radius 3 is 2.62 bits per heavy atom.